The van der Waals surface area contributed by atoms with E-state index in [1.807, 2.05) is 11.3 Å². The molecule has 0 bridgehead atoms. The molecule has 3 nitrogen and oxygen atoms in total. The lowest BCUT2D eigenvalue weighted by Crippen LogP contribution is -2.41. The summed E-state index contributed by atoms with van der Waals surface area (Å²) in [5.41, 5.74) is 0. The van der Waals surface area contributed by atoms with Crippen LogP contribution in [0.25, 0.3) is 0 Å². The van der Waals surface area contributed by atoms with E-state index in [4.69, 9.17) is 0 Å². The molecule has 0 aromatic carbocycles. The van der Waals surface area contributed by atoms with Crippen molar-refractivity contribution in [1.82, 2.24) is 15.1 Å². The van der Waals surface area contributed by atoms with Gasteiger partial charge in [0.1, 0.15) is 0 Å². The molecule has 1 aliphatic heterocycles. The molecule has 0 spiro atoms. The van der Waals surface area contributed by atoms with Gasteiger partial charge in [-0.1, -0.05) is 6.07 Å². The van der Waals surface area contributed by atoms with Gasteiger partial charge in [0.2, 0.25) is 0 Å². The van der Waals surface area contributed by atoms with Crippen molar-refractivity contribution >= 4 is 11.3 Å². The van der Waals surface area contributed by atoms with Gasteiger partial charge in [-0.05, 0) is 51.9 Å². The number of rotatable bonds is 5. The van der Waals surface area contributed by atoms with Crippen LogP contribution in [0.1, 0.15) is 31.2 Å². The molecule has 19 heavy (non-hydrogen) atoms. The molecule has 2 atom stereocenters. The van der Waals surface area contributed by atoms with E-state index in [2.05, 4.69) is 53.5 Å². The van der Waals surface area contributed by atoms with Gasteiger partial charge < -0.3 is 10.2 Å². The SMILES string of the molecule is CC(NCCN1CCCN(C)CC1C)c1cccs1. The van der Waals surface area contributed by atoms with E-state index in [1.54, 1.807) is 0 Å². The highest BCUT2D eigenvalue weighted by Crippen LogP contribution is 2.17. The fourth-order valence-electron chi connectivity index (χ4n) is 2.82. The maximum absolute atomic E-state index is 3.64. The second kappa shape index (κ2) is 7.39. The monoisotopic (exact) mass is 281 g/mol. The van der Waals surface area contributed by atoms with Gasteiger partial charge in [0, 0.05) is 36.6 Å². The molecule has 2 unspecified atom stereocenters. The lowest BCUT2D eigenvalue weighted by molar-refractivity contribution is 0.201. The Kier molecular flexibility index (Phi) is 5.82. The molecule has 0 radical (unpaired) electrons. The fourth-order valence-corrected chi connectivity index (χ4v) is 3.58. The van der Waals surface area contributed by atoms with Gasteiger partial charge in [-0.25, -0.2) is 0 Å². The van der Waals surface area contributed by atoms with Gasteiger partial charge in [-0.15, -0.1) is 11.3 Å². The molecule has 1 aromatic heterocycles. The van der Waals surface area contributed by atoms with Crippen LogP contribution in [-0.4, -0.2) is 55.6 Å². The molecule has 1 aromatic rings. The molecule has 2 rings (SSSR count). The molecule has 0 aliphatic carbocycles. The molecule has 1 aliphatic rings. The van der Waals surface area contributed by atoms with Crippen LogP contribution >= 0.6 is 11.3 Å². The number of nitrogens with zero attached hydrogens (tertiary/aromatic N) is 2. The Morgan fingerprint density at radius 1 is 1.47 bits per heavy atom. The number of hydrogen-bond donors (Lipinski definition) is 1. The van der Waals surface area contributed by atoms with E-state index in [9.17, 15) is 0 Å². The zero-order valence-electron chi connectivity index (χ0n) is 12.4. The minimum absolute atomic E-state index is 0.477. The highest BCUT2D eigenvalue weighted by Gasteiger charge is 2.19. The summed E-state index contributed by atoms with van der Waals surface area (Å²) in [5, 5.41) is 5.79. The normalized spacial score (nSPS) is 24.3. The predicted molar refractivity (Wildman–Crippen MR) is 83.9 cm³/mol. The van der Waals surface area contributed by atoms with Crippen LogP contribution in [0.4, 0.5) is 0 Å². The summed E-state index contributed by atoms with van der Waals surface area (Å²) in [6.45, 7) is 10.5. The van der Waals surface area contributed by atoms with Crippen LogP contribution in [0.3, 0.4) is 0 Å². The first-order chi connectivity index (χ1) is 9.16. The molecule has 108 valence electrons. The van der Waals surface area contributed by atoms with Gasteiger partial charge >= 0.3 is 0 Å². The van der Waals surface area contributed by atoms with E-state index < -0.39 is 0 Å². The number of thiophene rings is 1. The third kappa shape index (κ3) is 4.56. The maximum atomic E-state index is 3.64. The third-order valence-corrected chi connectivity index (χ3v) is 5.06. The first kappa shape index (κ1) is 15.0. The Bertz CT molecular complexity index is 352. The van der Waals surface area contributed by atoms with E-state index in [1.165, 1.54) is 30.9 Å². The van der Waals surface area contributed by atoms with Crippen molar-refractivity contribution in [3.63, 3.8) is 0 Å². The summed E-state index contributed by atoms with van der Waals surface area (Å²) in [4.78, 5) is 6.51. The molecule has 0 amide bonds. The summed E-state index contributed by atoms with van der Waals surface area (Å²) in [6, 6.07) is 5.49. The zero-order chi connectivity index (χ0) is 13.7. The highest BCUT2D eigenvalue weighted by atomic mass is 32.1. The van der Waals surface area contributed by atoms with Crippen LogP contribution in [-0.2, 0) is 0 Å². The average Bonchev–Trinajstić information content (AvgIpc) is 2.85. The Morgan fingerprint density at radius 3 is 3.05 bits per heavy atom. The second-order valence-corrected chi connectivity index (χ2v) is 6.67. The van der Waals surface area contributed by atoms with Crippen LogP contribution < -0.4 is 5.32 Å². The lowest BCUT2D eigenvalue weighted by atomic mass is 10.2. The first-order valence-electron chi connectivity index (χ1n) is 7.36. The Labute approximate surface area is 121 Å². The highest BCUT2D eigenvalue weighted by molar-refractivity contribution is 7.10. The average molecular weight is 281 g/mol. The van der Waals surface area contributed by atoms with Crippen molar-refractivity contribution in [2.75, 3.05) is 39.8 Å². The second-order valence-electron chi connectivity index (χ2n) is 5.69. The maximum Gasteiger partial charge on any atom is 0.0386 e. The quantitative estimate of drug-likeness (QED) is 0.894. The van der Waals surface area contributed by atoms with Gasteiger partial charge in [-0.2, -0.15) is 0 Å². The summed E-state index contributed by atoms with van der Waals surface area (Å²) >= 11 is 1.84. The van der Waals surface area contributed by atoms with Crippen LogP contribution in [0.2, 0.25) is 0 Å². The Hall–Kier alpha value is -0.420. The van der Waals surface area contributed by atoms with Gasteiger partial charge in [0.15, 0.2) is 0 Å². The van der Waals surface area contributed by atoms with Crippen molar-refractivity contribution < 1.29 is 0 Å². The number of hydrogen-bond acceptors (Lipinski definition) is 4. The molecule has 1 fully saturated rings. The predicted octanol–water partition coefficient (Wildman–Crippen LogP) is 2.42. The van der Waals surface area contributed by atoms with Crippen LogP contribution in [0, 0.1) is 0 Å². The van der Waals surface area contributed by atoms with Crippen molar-refractivity contribution in [2.24, 2.45) is 0 Å². The molecule has 2 heterocycles. The molecular formula is C15H27N3S. The number of nitrogens with one attached hydrogen (secondary N) is 1. The van der Waals surface area contributed by atoms with E-state index in [0.717, 1.165) is 13.1 Å². The molecular weight excluding hydrogens is 254 g/mol. The largest absolute Gasteiger partial charge is 0.308 e. The van der Waals surface area contributed by atoms with Gasteiger partial charge in [-0.3, -0.25) is 4.90 Å². The molecule has 1 saturated heterocycles. The van der Waals surface area contributed by atoms with Crippen molar-refractivity contribution in [1.29, 1.82) is 0 Å². The van der Waals surface area contributed by atoms with Gasteiger partial charge in [0.05, 0.1) is 0 Å². The minimum atomic E-state index is 0.477. The first-order valence-corrected chi connectivity index (χ1v) is 8.24. The lowest BCUT2D eigenvalue weighted by Gasteiger charge is -2.28. The summed E-state index contributed by atoms with van der Waals surface area (Å²) in [6.07, 6.45) is 1.29. The van der Waals surface area contributed by atoms with Crippen LogP contribution in [0.5, 0.6) is 0 Å². The van der Waals surface area contributed by atoms with Crippen molar-refractivity contribution in [3.8, 4) is 0 Å². The summed E-state index contributed by atoms with van der Waals surface area (Å²) < 4.78 is 0. The van der Waals surface area contributed by atoms with E-state index >= 15 is 0 Å². The summed E-state index contributed by atoms with van der Waals surface area (Å²) in [7, 11) is 2.23. The van der Waals surface area contributed by atoms with Crippen molar-refractivity contribution in [2.45, 2.75) is 32.4 Å². The van der Waals surface area contributed by atoms with E-state index in [-0.39, 0.29) is 0 Å². The topological polar surface area (TPSA) is 18.5 Å². The smallest absolute Gasteiger partial charge is 0.0386 e. The van der Waals surface area contributed by atoms with Crippen LogP contribution in [0.15, 0.2) is 17.5 Å². The molecule has 4 heteroatoms. The minimum Gasteiger partial charge on any atom is -0.308 e. The standard InChI is InChI=1S/C15H27N3S/c1-13-12-17(3)8-5-9-18(13)10-7-16-14(2)15-6-4-11-19-15/h4,6,11,13-14,16H,5,7-10,12H2,1-3H3. The molecule has 0 saturated carbocycles. The Balaban J connectivity index is 1.72. The van der Waals surface area contributed by atoms with Crippen molar-refractivity contribution in [3.05, 3.63) is 22.4 Å². The summed E-state index contributed by atoms with van der Waals surface area (Å²) in [5.74, 6) is 0. The Morgan fingerprint density at radius 2 is 2.32 bits per heavy atom. The fraction of sp³-hybridized carbons (Fsp3) is 0.733. The van der Waals surface area contributed by atoms with E-state index in [0.29, 0.717) is 12.1 Å². The third-order valence-electron chi connectivity index (χ3n) is 4.00. The zero-order valence-corrected chi connectivity index (χ0v) is 13.2. The van der Waals surface area contributed by atoms with Gasteiger partial charge in [0.25, 0.3) is 0 Å². The number of likely N-dealkylation sites (N-methyl/N-ethyl adjacent to an activating group) is 1. The molecule has 1 N–H and O–H groups in total.